The molecule has 1 amide bonds. The second kappa shape index (κ2) is 8.33. The Morgan fingerprint density at radius 2 is 1.72 bits per heavy atom. The maximum absolute atomic E-state index is 12.1. The standard InChI is InChI=1S/C20H23NO4/c1-13-5-6-17(11-14(13)2)15(3)21-19(22)12-25-18-9-7-16(8-10-18)20(23)24-4/h5-11,15H,12H2,1-4H3,(H,21,22)/t15-/m1/s1. The van der Waals surface area contributed by atoms with Crippen LogP contribution in [0, 0.1) is 13.8 Å². The molecule has 0 fully saturated rings. The summed E-state index contributed by atoms with van der Waals surface area (Å²) < 4.78 is 10.1. The van der Waals surface area contributed by atoms with E-state index in [0.717, 1.165) is 5.56 Å². The van der Waals surface area contributed by atoms with Crippen LogP contribution in [-0.4, -0.2) is 25.6 Å². The first-order valence-corrected chi connectivity index (χ1v) is 8.08. The normalized spacial score (nSPS) is 11.5. The first-order valence-electron chi connectivity index (χ1n) is 8.08. The summed E-state index contributed by atoms with van der Waals surface area (Å²) in [5, 5.41) is 2.91. The second-order valence-corrected chi connectivity index (χ2v) is 5.94. The van der Waals surface area contributed by atoms with E-state index in [1.54, 1.807) is 24.3 Å². The van der Waals surface area contributed by atoms with Crippen LogP contribution in [0.1, 0.15) is 40.0 Å². The molecule has 0 heterocycles. The molecule has 0 aliphatic rings. The minimum absolute atomic E-state index is 0.0905. The number of carbonyl (C=O) groups excluding carboxylic acids is 2. The van der Waals surface area contributed by atoms with E-state index in [0.29, 0.717) is 11.3 Å². The molecule has 0 aliphatic heterocycles. The Morgan fingerprint density at radius 3 is 2.32 bits per heavy atom. The SMILES string of the molecule is COC(=O)c1ccc(OCC(=O)N[C@H](C)c2ccc(C)c(C)c2)cc1. The fourth-order valence-corrected chi connectivity index (χ4v) is 2.35. The molecule has 0 unspecified atom stereocenters. The lowest BCUT2D eigenvalue weighted by atomic mass is 10.0. The summed E-state index contributed by atoms with van der Waals surface area (Å²) in [6.45, 7) is 5.95. The third-order valence-electron chi connectivity index (χ3n) is 4.05. The molecule has 1 atom stereocenters. The van der Waals surface area contributed by atoms with Crippen molar-refractivity contribution in [2.45, 2.75) is 26.8 Å². The molecule has 5 heteroatoms. The summed E-state index contributed by atoms with van der Waals surface area (Å²) in [4.78, 5) is 23.4. The van der Waals surface area contributed by atoms with Crippen molar-refractivity contribution in [2.24, 2.45) is 0 Å². The van der Waals surface area contributed by atoms with Gasteiger partial charge in [0.25, 0.3) is 5.91 Å². The molecule has 0 aliphatic carbocycles. The number of methoxy groups -OCH3 is 1. The van der Waals surface area contributed by atoms with Crippen molar-refractivity contribution in [3.05, 3.63) is 64.7 Å². The average molecular weight is 341 g/mol. The highest BCUT2D eigenvalue weighted by Gasteiger charge is 2.11. The van der Waals surface area contributed by atoms with Gasteiger partial charge < -0.3 is 14.8 Å². The molecular weight excluding hydrogens is 318 g/mol. The van der Waals surface area contributed by atoms with E-state index in [9.17, 15) is 9.59 Å². The number of ether oxygens (including phenoxy) is 2. The Labute approximate surface area is 148 Å². The van der Waals surface area contributed by atoms with Gasteiger partial charge in [0.1, 0.15) is 5.75 Å². The van der Waals surface area contributed by atoms with Crippen LogP contribution in [0.15, 0.2) is 42.5 Å². The van der Waals surface area contributed by atoms with Gasteiger partial charge in [0.2, 0.25) is 0 Å². The predicted octanol–water partition coefficient (Wildman–Crippen LogP) is 3.35. The zero-order valence-corrected chi connectivity index (χ0v) is 15.0. The van der Waals surface area contributed by atoms with Crippen LogP contribution in [0.2, 0.25) is 0 Å². The fourth-order valence-electron chi connectivity index (χ4n) is 2.35. The lowest BCUT2D eigenvalue weighted by Crippen LogP contribution is -2.31. The van der Waals surface area contributed by atoms with Crippen LogP contribution < -0.4 is 10.1 Å². The van der Waals surface area contributed by atoms with Crippen molar-refractivity contribution >= 4 is 11.9 Å². The maximum Gasteiger partial charge on any atom is 0.337 e. The Bertz CT molecular complexity index is 753. The number of hydrogen-bond acceptors (Lipinski definition) is 4. The van der Waals surface area contributed by atoms with E-state index in [-0.39, 0.29) is 18.6 Å². The van der Waals surface area contributed by atoms with Crippen molar-refractivity contribution < 1.29 is 19.1 Å². The summed E-state index contributed by atoms with van der Waals surface area (Å²) >= 11 is 0. The third-order valence-corrected chi connectivity index (χ3v) is 4.05. The fraction of sp³-hybridized carbons (Fsp3) is 0.300. The zero-order valence-electron chi connectivity index (χ0n) is 15.0. The molecule has 0 radical (unpaired) electrons. The summed E-state index contributed by atoms with van der Waals surface area (Å²) in [6.07, 6.45) is 0. The van der Waals surface area contributed by atoms with Crippen LogP contribution in [-0.2, 0) is 9.53 Å². The number of aryl methyl sites for hydroxylation is 2. The molecule has 0 saturated heterocycles. The van der Waals surface area contributed by atoms with Crippen molar-refractivity contribution in [1.82, 2.24) is 5.32 Å². The van der Waals surface area contributed by atoms with E-state index in [2.05, 4.69) is 30.0 Å². The lowest BCUT2D eigenvalue weighted by Gasteiger charge is -2.16. The van der Waals surface area contributed by atoms with Crippen molar-refractivity contribution in [3.63, 3.8) is 0 Å². The Morgan fingerprint density at radius 1 is 1.04 bits per heavy atom. The highest BCUT2D eigenvalue weighted by Crippen LogP contribution is 2.17. The van der Waals surface area contributed by atoms with Gasteiger partial charge in [-0.15, -0.1) is 0 Å². The van der Waals surface area contributed by atoms with Crippen LogP contribution >= 0.6 is 0 Å². The van der Waals surface area contributed by atoms with Gasteiger partial charge in [-0.3, -0.25) is 4.79 Å². The van der Waals surface area contributed by atoms with Crippen molar-refractivity contribution in [1.29, 1.82) is 0 Å². The van der Waals surface area contributed by atoms with E-state index >= 15 is 0 Å². The van der Waals surface area contributed by atoms with Crippen LogP contribution in [0.4, 0.5) is 0 Å². The molecule has 2 aromatic carbocycles. The smallest absolute Gasteiger partial charge is 0.337 e. The molecule has 132 valence electrons. The molecule has 5 nitrogen and oxygen atoms in total. The lowest BCUT2D eigenvalue weighted by molar-refractivity contribution is -0.123. The Kier molecular flexibility index (Phi) is 6.17. The topological polar surface area (TPSA) is 64.6 Å². The average Bonchev–Trinajstić information content (AvgIpc) is 2.62. The highest BCUT2D eigenvalue weighted by molar-refractivity contribution is 5.89. The molecule has 25 heavy (non-hydrogen) atoms. The molecule has 0 saturated carbocycles. The zero-order chi connectivity index (χ0) is 18.4. The molecular formula is C20H23NO4. The van der Waals surface area contributed by atoms with E-state index in [4.69, 9.17) is 4.74 Å². The van der Waals surface area contributed by atoms with Gasteiger partial charge in [0.05, 0.1) is 18.7 Å². The number of rotatable bonds is 6. The Hall–Kier alpha value is -2.82. The van der Waals surface area contributed by atoms with E-state index in [1.165, 1.54) is 18.2 Å². The van der Waals surface area contributed by atoms with Crippen molar-refractivity contribution in [3.8, 4) is 5.75 Å². The predicted molar refractivity (Wildman–Crippen MR) is 95.8 cm³/mol. The molecule has 0 bridgehead atoms. The van der Waals surface area contributed by atoms with E-state index < -0.39 is 5.97 Å². The van der Waals surface area contributed by atoms with Gasteiger partial charge >= 0.3 is 5.97 Å². The molecule has 2 aromatic rings. The summed E-state index contributed by atoms with van der Waals surface area (Å²) in [7, 11) is 1.33. The summed E-state index contributed by atoms with van der Waals surface area (Å²) in [6, 6.07) is 12.5. The minimum Gasteiger partial charge on any atom is -0.484 e. The molecule has 2 rings (SSSR count). The van der Waals surface area contributed by atoms with Crippen molar-refractivity contribution in [2.75, 3.05) is 13.7 Å². The molecule has 0 spiro atoms. The highest BCUT2D eigenvalue weighted by atomic mass is 16.5. The van der Waals surface area contributed by atoms with Gasteiger partial charge in [-0.2, -0.15) is 0 Å². The van der Waals surface area contributed by atoms with Crippen LogP contribution in [0.3, 0.4) is 0 Å². The maximum atomic E-state index is 12.1. The number of nitrogens with one attached hydrogen (secondary N) is 1. The molecule has 0 aromatic heterocycles. The quantitative estimate of drug-likeness (QED) is 0.819. The number of benzene rings is 2. The van der Waals surface area contributed by atoms with Gasteiger partial charge in [-0.25, -0.2) is 4.79 Å². The Balaban J connectivity index is 1.87. The van der Waals surface area contributed by atoms with Gasteiger partial charge in [0, 0.05) is 0 Å². The monoisotopic (exact) mass is 341 g/mol. The molecule has 1 N–H and O–H groups in total. The van der Waals surface area contributed by atoms with Gasteiger partial charge in [0.15, 0.2) is 6.61 Å². The van der Waals surface area contributed by atoms with Gasteiger partial charge in [-0.1, -0.05) is 18.2 Å². The van der Waals surface area contributed by atoms with Gasteiger partial charge in [-0.05, 0) is 61.7 Å². The van der Waals surface area contributed by atoms with E-state index in [1.807, 2.05) is 19.1 Å². The first-order chi connectivity index (χ1) is 11.9. The summed E-state index contributed by atoms with van der Waals surface area (Å²) in [5.74, 6) is -0.101. The van der Waals surface area contributed by atoms with Crippen LogP contribution in [0.5, 0.6) is 5.75 Å². The second-order valence-electron chi connectivity index (χ2n) is 5.94. The number of esters is 1. The number of hydrogen-bond donors (Lipinski definition) is 1. The number of carbonyl (C=O) groups is 2. The minimum atomic E-state index is -0.411. The first kappa shape index (κ1) is 18.5. The van der Waals surface area contributed by atoms with Crippen LogP contribution in [0.25, 0.3) is 0 Å². The summed E-state index contributed by atoms with van der Waals surface area (Å²) in [5.41, 5.74) is 3.91. The number of amides is 1. The largest absolute Gasteiger partial charge is 0.484 e. The third kappa shape index (κ3) is 5.08.